The van der Waals surface area contributed by atoms with Gasteiger partial charge >= 0.3 is 0 Å². The summed E-state index contributed by atoms with van der Waals surface area (Å²) in [6.45, 7) is 2.33. The Bertz CT molecular complexity index is 2120. The molecule has 48 heavy (non-hydrogen) atoms. The Morgan fingerprint density at radius 2 is 1.75 bits per heavy atom. The predicted molar refractivity (Wildman–Crippen MR) is 182 cm³/mol. The van der Waals surface area contributed by atoms with Gasteiger partial charge in [-0.1, -0.05) is 24.3 Å². The standard InChI is InChI=1S/C40H33FN2O5/c1-25-21-36(47-20-16-26-6-13-30(46-2)14-7-26)33(39(45)43-40(17-18-40)37-5-3-4-19-42-37)23-31(25)28-10-15-35-32(22-28)34(24-44)38(48-35)27-8-11-29(41)12-9-27/h3-15,19,21-24H,16-18,20H2,1-2H3,(H,43,45). The molecule has 0 spiro atoms. The number of halogens is 1. The Labute approximate surface area is 277 Å². The first-order chi connectivity index (χ1) is 23.4. The van der Waals surface area contributed by atoms with Crippen LogP contribution in [0.3, 0.4) is 0 Å². The van der Waals surface area contributed by atoms with Crippen molar-refractivity contribution in [3.05, 3.63) is 137 Å². The van der Waals surface area contributed by atoms with Crippen LogP contribution in [0.5, 0.6) is 11.5 Å². The maximum atomic E-state index is 14.1. The smallest absolute Gasteiger partial charge is 0.255 e. The quantitative estimate of drug-likeness (QED) is 0.143. The second kappa shape index (κ2) is 12.8. The molecule has 2 aromatic heterocycles. The van der Waals surface area contributed by atoms with Gasteiger partial charge in [0.2, 0.25) is 0 Å². The average molecular weight is 641 g/mol. The van der Waals surface area contributed by atoms with E-state index in [9.17, 15) is 14.0 Å². The molecular formula is C40H33FN2O5. The summed E-state index contributed by atoms with van der Waals surface area (Å²) in [5.74, 6) is 1.01. The normalized spacial score (nSPS) is 13.2. The fourth-order valence-electron chi connectivity index (χ4n) is 6.08. The molecular weight excluding hydrogens is 607 g/mol. The molecule has 1 amide bonds. The van der Waals surface area contributed by atoms with Crippen molar-refractivity contribution in [2.24, 2.45) is 0 Å². The summed E-state index contributed by atoms with van der Waals surface area (Å²) < 4.78 is 31.2. The number of hydrogen-bond donors (Lipinski definition) is 1. The van der Waals surface area contributed by atoms with E-state index in [1.54, 1.807) is 25.4 Å². The van der Waals surface area contributed by atoms with E-state index < -0.39 is 5.54 Å². The highest BCUT2D eigenvalue weighted by molar-refractivity contribution is 6.04. The van der Waals surface area contributed by atoms with Crippen LogP contribution in [0, 0.1) is 12.7 Å². The molecule has 1 N–H and O–H groups in total. The molecule has 1 fully saturated rings. The maximum Gasteiger partial charge on any atom is 0.255 e. The molecule has 0 bridgehead atoms. The van der Waals surface area contributed by atoms with Crippen molar-refractivity contribution < 1.29 is 27.9 Å². The number of ether oxygens (including phenoxy) is 2. The van der Waals surface area contributed by atoms with Crippen molar-refractivity contribution in [2.75, 3.05) is 13.7 Å². The van der Waals surface area contributed by atoms with Crippen LogP contribution in [0.25, 0.3) is 33.4 Å². The Hall–Kier alpha value is -5.76. The Kier molecular flexibility index (Phi) is 8.23. The maximum absolute atomic E-state index is 14.1. The number of methoxy groups -OCH3 is 1. The highest BCUT2D eigenvalue weighted by atomic mass is 19.1. The molecule has 0 aliphatic heterocycles. The van der Waals surface area contributed by atoms with Crippen LogP contribution in [-0.2, 0) is 12.0 Å². The topological polar surface area (TPSA) is 90.7 Å². The van der Waals surface area contributed by atoms with Crippen molar-refractivity contribution >= 4 is 23.2 Å². The predicted octanol–water partition coefficient (Wildman–Crippen LogP) is 8.47. The number of fused-ring (bicyclic) bond motifs is 1. The zero-order valence-electron chi connectivity index (χ0n) is 26.6. The number of hydrogen-bond acceptors (Lipinski definition) is 6. The molecule has 7 nitrogen and oxygen atoms in total. The number of rotatable bonds is 11. The highest BCUT2D eigenvalue weighted by Gasteiger charge is 2.47. The van der Waals surface area contributed by atoms with Crippen LogP contribution < -0.4 is 14.8 Å². The fraction of sp³-hybridized carbons (Fsp3) is 0.175. The molecule has 6 aromatic rings. The fourth-order valence-corrected chi connectivity index (χ4v) is 6.08. The number of furan rings is 1. The minimum Gasteiger partial charge on any atom is -0.497 e. The third-order valence-corrected chi connectivity index (χ3v) is 8.90. The lowest BCUT2D eigenvalue weighted by Gasteiger charge is -2.20. The van der Waals surface area contributed by atoms with E-state index in [1.165, 1.54) is 12.1 Å². The van der Waals surface area contributed by atoms with Gasteiger partial charge in [0.25, 0.3) is 5.91 Å². The van der Waals surface area contributed by atoms with Crippen LogP contribution in [0.1, 0.15) is 50.4 Å². The number of aldehydes is 1. The number of nitrogens with one attached hydrogen (secondary N) is 1. The molecule has 0 saturated heterocycles. The first kappa shape index (κ1) is 30.9. The number of nitrogens with zero attached hydrogens (tertiary/aromatic N) is 1. The van der Waals surface area contributed by atoms with E-state index in [0.717, 1.165) is 52.8 Å². The molecule has 0 atom stereocenters. The summed E-state index contributed by atoms with van der Waals surface area (Å²) in [7, 11) is 1.63. The van der Waals surface area contributed by atoms with Gasteiger partial charge in [-0.3, -0.25) is 14.6 Å². The van der Waals surface area contributed by atoms with Crippen molar-refractivity contribution in [2.45, 2.75) is 31.7 Å². The summed E-state index contributed by atoms with van der Waals surface area (Å²) in [5, 5.41) is 3.87. The monoisotopic (exact) mass is 640 g/mol. The van der Waals surface area contributed by atoms with Gasteiger partial charge in [0, 0.05) is 23.6 Å². The van der Waals surface area contributed by atoms with Gasteiger partial charge in [-0.25, -0.2) is 4.39 Å². The van der Waals surface area contributed by atoms with Crippen molar-refractivity contribution in [3.8, 4) is 33.9 Å². The average Bonchev–Trinajstić information content (AvgIpc) is 3.80. The minimum atomic E-state index is -0.519. The zero-order chi connectivity index (χ0) is 33.3. The number of carbonyl (C=O) groups is 2. The number of amides is 1. The second-order valence-corrected chi connectivity index (χ2v) is 12.0. The van der Waals surface area contributed by atoms with Gasteiger partial charge in [-0.2, -0.15) is 0 Å². The van der Waals surface area contributed by atoms with Gasteiger partial charge in [0.15, 0.2) is 6.29 Å². The van der Waals surface area contributed by atoms with Crippen molar-refractivity contribution in [3.63, 3.8) is 0 Å². The molecule has 240 valence electrons. The molecule has 2 heterocycles. The van der Waals surface area contributed by atoms with Crippen LogP contribution in [0.2, 0.25) is 0 Å². The van der Waals surface area contributed by atoms with Crippen molar-refractivity contribution in [1.29, 1.82) is 0 Å². The Balaban J connectivity index is 1.24. The lowest BCUT2D eigenvalue weighted by atomic mass is 9.95. The number of aromatic nitrogens is 1. The van der Waals surface area contributed by atoms with Gasteiger partial charge in [-0.15, -0.1) is 0 Å². The Morgan fingerprint density at radius 1 is 0.979 bits per heavy atom. The second-order valence-electron chi connectivity index (χ2n) is 12.0. The number of carbonyl (C=O) groups excluding carboxylic acids is 2. The molecule has 1 aliphatic rings. The largest absolute Gasteiger partial charge is 0.497 e. The molecule has 7 rings (SSSR count). The minimum absolute atomic E-state index is 0.254. The van der Waals surface area contributed by atoms with Gasteiger partial charge in [0.05, 0.1) is 36.1 Å². The van der Waals surface area contributed by atoms with Gasteiger partial charge in [-0.05, 0) is 115 Å². The summed E-state index contributed by atoms with van der Waals surface area (Å²) in [6.07, 6.45) is 4.73. The molecule has 0 unspecified atom stereocenters. The zero-order valence-corrected chi connectivity index (χ0v) is 26.6. The van der Waals surface area contributed by atoms with E-state index >= 15 is 0 Å². The lowest BCUT2D eigenvalue weighted by molar-refractivity contribution is 0.0925. The van der Waals surface area contributed by atoms with Crippen LogP contribution in [0.15, 0.2) is 108 Å². The SMILES string of the molecule is COc1ccc(CCOc2cc(C)c(-c3ccc4oc(-c5ccc(F)cc5)c(C=O)c4c3)cc2C(=O)NC2(c3ccccn3)CC2)cc1. The summed E-state index contributed by atoms with van der Waals surface area (Å²) >= 11 is 0. The summed E-state index contributed by atoms with van der Waals surface area (Å²) in [6, 6.07) is 28.7. The van der Waals surface area contributed by atoms with Crippen LogP contribution in [0.4, 0.5) is 4.39 Å². The molecule has 4 aromatic carbocycles. The Morgan fingerprint density at radius 3 is 2.44 bits per heavy atom. The summed E-state index contributed by atoms with van der Waals surface area (Å²) in [4.78, 5) is 30.9. The highest BCUT2D eigenvalue weighted by Crippen LogP contribution is 2.45. The molecule has 0 radical (unpaired) electrons. The van der Waals surface area contributed by atoms with Gasteiger partial charge < -0.3 is 19.2 Å². The first-order valence-electron chi connectivity index (χ1n) is 15.8. The van der Waals surface area contributed by atoms with E-state index in [-0.39, 0.29) is 11.7 Å². The van der Waals surface area contributed by atoms with E-state index in [1.807, 2.05) is 79.7 Å². The van der Waals surface area contributed by atoms with Crippen molar-refractivity contribution in [1.82, 2.24) is 10.3 Å². The third-order valence-electron chi connectivity index (χ3n) is 8.90. The first-order valence-corrected chi connectivity index (χ1v) is 15.8. The summed E-state index contributed by atoms with van der Waals surface area (Å²) in [5.41, 5.74) is 5.82. The van der Waals surface area contributed by atoms with E-state index in [0.29, 0.717) is 52.2 Å². The lowest BCUT2D eigenvalue weighted by Crippen LogP contribution is -2.35. The van der Waals surface area contributed by atoms with Crippen LogP contribution in [-0.4, -0.2) is 30.9 Å². The number of pyridine rings is 1. The molecule has 8 heteroatoms. The van der Waals surface area contributed by atoms with Gasteiger partial charge in [0.1, 0.15) is 28.7 Å². The molecule has 1 aliphatic carbocycles. The van der Waals surface area contributed by atoms with E-state index in [4.69, 9.17) is 13.9 Å². The van der Waals surface area contributed by atoms with E-state index in [2.05, 4.69) is 10.3 Å². The van der Waals surface area contributed by atoms with Crippen LogP contribution >= 0.6 is 0 Å². The number of aryl methyl sites for hydroxylation is 1. The molecule has 1 saturated carbocycles. The third kappa shape index (κ3) is 6.05. The number of benzene rings is 4.